The normalized spacial score (nSPS) is 15.2. The molecule has 1 aliphatic rings. The molecule has 1 fully saturated rings. The van der Waals surface area contributed by atoms with Gasteiger partial charge in [-0.25, -0.2) is 9.97 Å². The number of aryl methyl sites for hydroxylation is 1. The number of hydrogen-bond donors (Lipinski definition) is 0. The molecule has 2 heterocycles. The van der Waals surface area contributed by atoms with E-state index >= 15 is 0 Å². The lowest BCUT2D eigenvalue weighted by Crippen LogP contribution is -1.97. The summed E-state index contributed by atoms with van der Waals surface area (Å²) in [5.41, 5.74) is 3.06. The molecule has 3 rings (SSSR count). The number of halogens is 1. The van der Waals surface area contributed by atoms with Crippen LogP contribution < -0.4 is 0 Å². The Morgan fingerprint density at radius 3 is 2.71 bits per heavy atom. The summed E-state index contributed by atoms with van der Waals surface area (Å²) >= 11 is 6.05. The Bertz CT molecular complexity index is 572. The molecule has 0 N–H and O–H groups in total. The molecule has 2 aromatic rings. The second kappa shape index (κ2) is 3.81. The fourth-order valence-corrected chi connectivity index (χ4v) is 2.05. The van der Waals surface area contributed by atoms with Gasteiger partial charge in [-0.2, -0.15) is 5.10 Å². The van der Waals surface area contributed by atoms with Crippen LogP contribution in [0.5, 0.6) is 0 Å². The number of rotatable bonds is 2. The molecule has 0 unspecified atom stereocenters. The van der Waals surface area contributed by atoms with Gasteiger partial charge in [-0.15, -0.1) is 0 Å². The SMILES string of the molecule is Cc1c(-c2nc(Cl)cc(C3CC3)n2)cnn1C. The predicted octanol–water partition coefficient (Wildman–Crippen LogP) is 2.72. The predicted molar refractivity (Wildman–Crippen MR) is 66.0 cm³/mol. The second-order valence-electron chi connectivity index (χ2n) is 4.48. The molecular weight excluding hydrogens is 236 g/mol. The fourth-order valence-electron chi connectivity index (χ4n) is 1.86. The number of nitrogens with zero attached hydrogens (tertiary/aromatic N) is 4. The topological polar surface area (TPSA) is 43.6 Å². The van der Waals surface area contributed by atoms with Crippen LogP contribution in [-0.4, -0.2) is 19.7 Å². The van der Waals surface area contributed by atoms with Crippen LogP contribution in [0.15, 0.2) is 12.3 Å². The average molecular weight is 249 g/mol. The number of hydrogen-bond acceptors (Lipinski definition) is 3. The Hall–Kier alpha value is -1.42. The highest BCUT2D eigenvalue weighted by Crippen LogP contribution is 2.40. The molecule has 0 aromatic carbocycles. The lowest BCUT2D eigenvalue weighted by atomic mass is 10.2. The van der Waals surface area contributed by atoms with Crippen molar-refractivity contribution in [3.05, 3.63) is 28.8 Å². The lowest BCUT2D eigenvalue weighted by Gasteiger charge is -2.03. The highest BCUT2D eigenvalue weighted by molar-refractivity contribution is 6.29. The first-order chi connectivity index (χ1) is 8.15. The van der Waals surface area contributed by atoms with E-state index in [2.05, 4.69) is 15.1 Å². The van der Waals surface area contributed by atoms with Crippen molar-refractivity contribution in [3.8, 4) is 11.4 Å². The van der Waals surface area contributed by atoms with Crippen molar-refractivity contribution in [2.45, 2.75) is 25.7 Å². The third-order valence-electron chi connectivity index (χ3n) is 3.19. The zero-order chi connectivity index (χ0) is 12.0. The first kappa shape index (κ1) is 10.7. The molecule has 0 radical (unpaired) electrons. The third-order valence-corrected chi connectivity index (χ3v) is 3.38. The van der Waals surface area contributed by atoms with Gasteiger partial charge in [0.1, 0.15) is 5.15 Å². The van der Waals surface area contributed by atoms with Gasteiger partial charge in [0, 0.05) is 24.4 Å². The lowest BCUT2D eigenvalue weighted by molar-refractivity contribution is 0.740. The first-order valence-electron chi connectivity index (χ1n) is 5.68. The molecule has 1 saturated carbocycles. The van der Waals surface area contributed by atoms with Crippen LogP contribution in [0.25, 0.3) is 11.4 Å². The summed E-state index contributed by atoms with van der Waals surface area (Å²) in [6.07, 6.45) is 4.20. The first-order valence-corrected chi connectivity index (χ1v) is 6.06. The van der Waals surface area contributed by atoms with E-state index < -0.39 is 0 Å². The highest BCUT2D eigenvalue weighted by atomic mass is 35.5. The Labute approximate surface area is 105 Å². The minimum atomic E-state index is 0.514. The molecule has 5 heteroatoms. The van der Waals surface area contributed by atoms with E-state index in [1.54, 1.807) is 6.20 Å². The largest absolute Gasteiger partial charge is 0.272 e. The summed E-state index contributed by atoms with van der Waals surface area (Å²) < 4.78 is 1.82. The van der Waals surface area contributed by atoms with Crippen LogP contribution in [0, 0.1) is 6.92 Å². The summed E-state index contributed by atoms with van der Waals surface area (Å²) in [5, 5.41) is 4.72. The monoisotopic (exact) mass is 248 g/mol. The Kier molecular flexibility index (Phi) is 2.40. The summed E-state index contributed by atoms with van der Waals surface area (Å²) in [4.78, 5) is 8.88. The van der Waals surface area contributed by atoms with Crippen LogP contribution in [0.3, 0.4) is 0 Å². The van der Waals surface area contributed by atoms with E-state index in [0.29, 0.717) is 16.9 Å². The minimum Gasteiger partial charge on any atom is -0.272 e. The van der Waals surface area contributed by atoms with Gasteiger partial charge in [0.2, 0.25) is 0 Å². The molecule has 2 aromatic heterocycles. The van der Waals surface area contributed by atoms with Gasteiger partial charge >= 0.3 is 0 Å². The van der Waals surface area contributed by atoms with E-state index in [-0.39, 0.29) is 0 Å². The van der Waals surface area contributed by atoms with Gasteiger partial charge in [0.15, 0.2) is 5.82 Å². The summed E-state index contributed by atoms with van der Waals surface area (Å²) in [5.74, 6) is 1.26. The third kappa shape index (κ3) is 1.93. The van der Waals surface area contributed by atoms with Crippen molar-refractivity contribution in [1.29, 1.82) is 0 Å². The van der Waals surface area contributed by atoms with E-state index in [0.717, 1.165) is 17.0 Å². The molecule has 0 atom stereocenters. The van der Waals surface area contributed by atoms with E-state index in [4.69, 9.17) is 11.6 Å². The van der Waals surface area contributed by atoms with Gasteiger partial charge in [0.05, 0.1) is 11.8 Å². The van der Waals surface area contributed by atoms with Gasteiger partial charge < -0.3 is 0 Å². The maximum absolute atomic E-state index is 6.05. The van der Waals surface area contributed by atoms with Gasteiger partial charge in [-0.05, 0) is 25.8 Å². The summed E-state index contributed by atoms with van der Waals surface area (Å²) in [6.45, 7) is 2.00. The Balaban J connectivity index is 2.10. The molecule has 4 nitrogen and oxygen atoms in total. The van der Waals surface area contributed by atoms with Crippen LogP contribution in [0.1, 0.15) is 30.1 Å². The zero-order valence-corrected chi connectivity index (χ0v) is 10.6. The summed E-state index contributed by atoms with van der Waals surface area (Å²) in [6, 6.07) is 1.87. The molecule has 0 saturated heterocycles. The molecule has 88 valence electrons. The van der Waals surface area contributed by atoms with Crippen molar-refractivity contribution < 1.29 is 0 Å². The molecule has 0 amide bonds. The van der Waals surface area contributed by atoms with Crippen molar-refractivity contribution in [2.75, 3.05) is 0 Å². The smallest absolute Gasteiger partial charge is 0.164 e. The quantitative estimate of drug-likeness (QED) is 0.768. The van der Waals surface area contributed by atoms with Crippen molar-refractivity contribution in [1.82, 2.24) is 19.7 Å². The van der Waals surface area contributed by atoms with Crippen LogP contribution >= 0.6 is 11.6 Å². The molecule has 0 bridgehead atoms. The molecule has 0 aliphatic heterocycles. The van der Waals surface area contributed by atoms with E-state index in [1.807, 2.05) is 24.7 Å². The molecule has 0 spiro atoms. The van der Waals surface area contributed by atoms with E-state index in [1.165, 1.54) is 12.8 Å². The van der Waals surface area contributed by atoms with E-state index in [9.17, 15) is 0 Å². The summed E-state index contributed by atoms with van der Waals surface area (Å²) in [7, 11) is 1.91. The number of aromatic nitrogens is 4. The average Bonchev–Trinajstić information content (AvgIpc) is 3.07. The highest BCUT2D eigenvalue weighted by Gasteiger charge is 2.26. The minimum absolute atomic E-state index is 0.514. The van der Waals surface area contributed by atoms with Gasteiger partial charge in [-0.1, -0.05) is 11.6 Å². The van der Waals surface area contributed by atoms with Gasteiger partial charge in [-0.3, -0.25) is 4.68 Å². The maximum Gasteiger partial charge on any atom is 0.164 e. The van der Waals surface area contributed by atoms with Crippen LogP contribution in [-0.2, 0) is 7.05 Å². The van der Waals surface area contributed by atoms with Crippen molar-refractivity contribution >= 4 is 11.6 Å². The molecular formula is C12H13ClN4. The molecule has 17 heavy (non-hydrogen) atoms. The van der Waals surface area contributed by atoms with Crippen LogP contribution in [0.4, 0.5) is 0 Å². The van der Waals surface area contributed by atoms with Crippen molar-refractivity contribution in [2.24, 2.45) is 7.05 Å². The standard InChI is InChI=1S/C12H13ClN4/c1-7-9(6-14-17(7)2)12-15-10(8-3-4-8)5-11(13)16-12/h5-6,8H,3-4H2,1-2H3. The molecule has 1 aliphatic carbocycles. The zero-order valence-electron chi connectivity index (χ0n) is 9.81. The van der Waals surface area contributed by atoms with Crippen LogP contribution in [0.2, 0.25) is 5.15 Å². The van der Waals surface area contributed by atoms with Crippen molar-refractivity contribution in [3.63, 3.8) is 0 Å². The fraction of sp³-hybridized carbons (Fsp3) is 0.417. The Morgan fingerprint density at radius 2 is 2.12 bits per heavy atom. The maximum atomic E-state index is 6.05. The second-order valence-corrected chi connectivity index (χ2v) is 4.87. The Morgan fingerprint density at radius 1 is 1.35 bits per heavy atom. The van der Waals surface area contributed by atoms with Gasteiger partial charge in [0.25, 0.3) is 0 Å².